The van der Waals surface area contributed by atoms with E-state index in [1.807, 2.05) is 4.90 Å². The van der Waals surface area contributed by atoms with Gasteiger partial charge >= 0.3 is 6.03 Å². The molecule has 3 rings (SSSR count). The number of fused-ring (bicyclic) bond motifs is 2. The molecular formula is C17H27ClN4O3S. The minimum Gasteiger partial charge on any atom is -0.369 e. The van der Waals surface area contributed by atoms with Crippen LogP contribution in [0.5, 0.6) is 0 Å². The molecule has 0 aromatic carbocycles. The van der Waals surface area contributed by atoms with E-state index in [0.717, 1.165) is 25.9 Å². The van der Waals surface area contributed by atoms with E-state index in [4.69, 9.17) is 16.2 Å². The van der Waals surface area contributed by atoms with Gasteiger partial charge in [-0.1, -0.05) is 0 Å². The molecule has 1 aromatic heterocycles. The number of halogens is 1. The predicted octanol–water partition coefficient (Wildman–Crippen LogP) is 1.34. The molecule has 1 fully saturated rings. The molecule has 1 aromatic rings. The summed E-state index contributed by atoms with van der Waals surface area (Å²) < 4.78 is 6.17. The van der Waals surface area contributed by atoms with Gasteiger partial charge < -0.3 is 26.4 Å². The molecule has 2 aliphatic heterocycles. The van der Waals surface area contributed by atoms with Gasteiger partial charge in [0.25, 0.3) is 0 Å². The Balaban J connectivity index is 0.00000243. The monoisotopic (exact) mass is 402 g/mol. The van der Waals surface area contributed by atoms with E-state index >= 15 is 0 Å². The van der Waals surface area contributed by atoms with E-state index in [9.17, 15) is 9.59 Å². The van der Waals surface area contributed by atoms with Gasteiger partial charge in [-0.2, -0.15) is 0 Å². The summed E-state index contributed by atoms with van der Waals surface area (Å²) in [6.07, 6.45) is 3.79. The molecule has 0 bridgehead atoms. The maximum absolute atomic E-state index is 12.5. The normalized spacial score (nSPS) is 19.3. The average molecular weight is 403 g/mol. The standard InChI is InChI=1S/C17H26N4O3S.ClH/c18-13(2-1-7-20-16(19)23)15(22)21-8-5-17(6-9-21)14-12(3-10-24-17)4-11-25-14;/h4,11,13H,1-3,5-10,18H2,(H3,19,20,23);1H/t13-;/m0./s1. The second kappa shape index (κ2) is 9.03. The molecule has 0 aliphatic carbocycles. The third-order valence-corrected chi connectivity index (χ3v) is 6.24. The van der Waals surface area contributed by atoms with Gasteiger partial charge in [0.05, 0.1) is 12.6 Å². The summed E-state index contributed by atoms with van der Waals surface area (Å²) in [5.41, 5.74) is 12.2. The first-order valence-corrected chi connectivity index (χ1v) is 9.68. The maximum Gasteiger partial charge on any atom is 0.312 e. The number of piperidine rings is 1. The molecule has 0 radical (unpaired) electrons. The van der Waals surface area contributed by atoms with Crippen molar-refractivity contribution < 1.29 is 14.3 Å². The van der Waals surface area contributed by atoms with Crippen LogP contribution in [-0.2, 0) is 21.6 Å². The van der Waals surface area contributed by atoms with Crippen LogP contribution in [0.1, 0.15) is 36.1 Å². The summed E-state index contributed by atoms with van der Waals surface area (Å²) in [5.74, 6) is -0.0175. The van der Waals surface area contributed by atoms with Gasteiger partial charge in [0, 0.05) is 24.5 Å². The van der Waals surface area contributed by atoms with E-state index < -0.39 is 12.1 Å². The minimum atomic E-state index is -0.554. The SMILES string of the molecule is Cl.NC(=O)NCCC[C@H](N)C(=O)N1CCC2(CC1)OCCc1ccsc12. The Morgan fingerprint density at radius 2 is 2.12 bits per heavy atom. The number of carbonyl (C=O) groups is 2. The first-order valence-electron chi connectivity index (χ1n) is 8.80. The molecule has 1 saturated heterocycles. The number of nitrogens with two attached hydrogens (primary N) is 2. The Kier molecular flexibility index (Phi) is 7.28. The summed E-state index contributed by atoms with van der Waals surface area (Å²) in [4.78, 5) is 26.4. The lowest BCUT2D eigenvalue weighted by molar-refractivity contribution is -0.141. The number of likely N-dealkylation sites (tertiary alicyclic amines) is 1. The number of ether oxygens (including phenoxy) is 1. The van der Waals surface area contributed by atoms with Crippen LogP contribution in [0.3, 0.4) is 0 Å². The first-order chi connectivity index (χ1) is 12.0. The van der Waals surface area contributed by atoms with Crippen LogP contribution in [0.25, 0.3) is 0 Å². The van der Waals surface area contributed by atoms with E-state index in [1.165, 1.54) is 10.4 Å². The van der Waals surface area contributed by atoms with Crippen molar-refractivity contribution >= 4 is 35.7 Å². The maximum atomic E-state index is 12.5. The highest BCUT2D eigenvalue weighted by molar-refractivity contribution is 7.10. The van der Waals surface area contributed by atoms with Crippen LogP contribution in [0.4, 0.5) is 4.79 Å². The van der Waals surface area contributed by atoms with Crippen LogP contribution in [0.15, 0.2) is 11.4 Å². The van der Waals surface area contributed by atoms with Crippen molar-refractivity contribution in [2.24, 2.45) is 11.5 Å². The summed E-state index contributed by atoms with van der Waals surface area (Å²) in [5, 5.41) is 4.64. The van der Waals surface area contributed by atoms with E-state index in [-0.39, 0.29) is 23.9 Å². The van der Waals surface area contributed by atoms with Crippen LogP contribution >= 0.6 is 23.7 Å². The number of nitrogens with zero attached hydrogens (tertiary/aromatic N) is 1. The van der Waals surface area contributed by atoms with Gasteiger partial charge in [0.1, 0.15) is 5.60 Å². The number of nitrogens with one attached hydrogen (secondary N) is 1. The molecule has 146 valence electrons. The van der Waals surface area contributed by atoms with Gasteiger partial charge in [-0.05, 0) is 49.1 Å². The summed E-state index contributed by atoms with van der Waals surface area (Å²) in [7, 11) is 0. The number of primary amides is 1. The van der Waals surface area contributed by atoms with E-state index in [1.54, 1.807) is 11.3 Å². The molecule has 3 heterocycles. The summed E-state index contributed by atoms with van der Waals surface area (Å²) in [6, 6.07) is 1.10. The molecule has 1 atom stereocenters. The second-order valence-corrected chi connectivity index (χ2v) is 7.65. The number of urea groups is 1. The van der Waals surface area contributed by atoms with Crippen molar-refractivity contribution in [2.45, 2.75) is 43.7 Å². The number of hydrogen-bond acceptors (Lipinski definition) is 5. The molecule has 26 heavy (non-hydrogen) atoms. The van der Waals surface area contributed by atoms with Crippen molar-refractivity contribution in [3.8, 4) is 0 Å². The summed E-state index contributed by atoms with van der Waals surface area (Å²) >= 11 is 1.76. The zero-order valence-electron chi connectivity index (χ0n) is 14.7. The zero-order chi connectivity index (χ0) is 17.9. The van der Waals surface area contributed by atoms with Crippen LogP contribution < -0.4 is 16.8 Å². The Morgan fingerprint density at radius 1 is 1.38 bits per heavy atom. The van der Waals surface area contributed by atoms with Gasteiger partial charge in [-0.3, -0.25) is 4.79 Å². The third-order valence-electron chi connectivity index (χ3n) is 5.10. The van der Waals surface area contributed by atoms with Crippen molar-refractivity contribution in [1.82, 2.24) is 10.2 Å². The molecule has 2 aliphatic rings. The fraction of sp³-hybridized carbons (Fsp3) is 0.647. The van der Waals surface area contributed by atoms with Crippen molar-refractivity contribution in [3.05, 3.63) is 21.9 Å². The van der Waals surface area contributed by atoms with E-state index in [2.05, 4.69) is 16.8 Å². The van der Waals surface area contributed by atoms with Crippen molar-refractivity contribution in [1.29, 1.82) is 0 Å². The fourth-order valence-electron chi connectivity index (χ4n) is 3.71. The summed E-state index contributed by atoms with van der Waals surface area (Å²) in [6.45, 7) is 2.53. The van der Waals surface area contributed by atoms with E-state index in [0.29, 0.717) is 32.5 Å². The largest absolute Gasteiger partial charge is 0.369 e. The van der Waals surface area contributed by atoms with Gasteiger partial charge in [-0.15, -0.1) is 23.7 Å². The highest BCUT2D eigenvalue weighted by Crippen LogP contribution is 2.44. The number of amides is 3. The fourth-order valence-corrected chi connectivity index (χ4v) is 4.87. The van der Waals surface area contributed by atoms with Crippen molar-refractivity contribution in [3.63, 3.8) is 0 Å². The van der Waals surface area contributed by atoms with Gasteiger partial charge in [-0.25, -0.2) is 4.79 Å². The van der Waals surface area contributed by atoms with Crippen molar-refractivity contribution in [2.75, 3.05) is 26.2 Å². The molecule has 7 nitrogen and oxygen atoms in total. The van der Waals surface area contributed by atoms with Crippen LogP contribution in [-0.4, -0.2) is 49.1 Å². The highest BCUT2D eigenvalue weighted by atomic mass is 35.5. The lowest BCUT2D eigenvalue weighted by Crippen LogP contribution is -2.52. The molecule has 3 amide bonds. The molecule has 1 spiro atoms. The molecule has 5 N–H and O–H groups in total. The Morgan fingerprint density at radius 3 is 2.81 bits per heavy atom. The Hall–Kier alpha value is -1.35. The number of rotatable bonds is 5. The topological polar surface area (TPSA) is 111 Å². The quantitative estimate of drug-likeness (QED) is 0.645. The van der Waals surface area contributed by atoms with Gasteiger partial charge in [0.2, 0.25) is 5.91 Å². The lowest BCUT2D eigenvalue weighted by atomic mass is 9.85. The Labute approximate surface area is 163 Å². The minimum absolute atomic E-state index is 0. The number of thiophene rings is 1. The number of hydrogen-bond donors (Lipinski definition) is 3. The Bertz CT molecular complexity index is 631. The molecule has 0 unspecified atom stereocenters. The number of carbonyl (C=O) groups excluding carboxylic acids is 2. The predicted molar refractivity (Wildman–Crippen MR) is 104 cm³/mol. The second-order valence-electron chi connectivity index (χ2n) is 6.73. The van der Waals surface area contributed by atoms with Crippen LogP contribution in [0, 0.1) is 0 Å². The average Bonchev–Trinajstić information content (AvgIpc) is 3.09. The van der Waals surface area contributed by atoms with Crippen LogP contribution in [0.2, 0.25) is 0 Å². The highest BCUT2D eigenvalue weighted by Gasteiger charge is 2.42. The lowest BCUT2D eigenvalue weighted by Gasteiger charge is -2.44. The van der Waals surface area contributed by atoms with Gasteiger partial charge in [0.15, 0.2) is 0 Å². The third kappa shape index (κ3) is 4.49. The molecular weight excluding hydrogens is 376 g/mol. The molecule has 9 heteroatoms. The first kappa shape index (κ1) is 21.0. The smallest absolute Gasteiger partial charge is 0.312 e. The molecule has 0 saturated carbocycles. The zero-order valence-corrected chi connectivity index (χ0v) is 16.4.